The number of nitrogens with zero attached hydrogens (tertiary/aromatic N) is 2. The Morgan fingerprint density at radius 1 is 0.452 bits per heavy atom. The van der Waals surface area contributed by atoms with E-state index in [4.69, 9.17) is 0 Å². The largest absolute Gasteiger partial charge is 0.284 e. The molecule has 9 rings (SSSR count). The molecule has 0 aliphatic carbocycles. The van der Waals surface area contributed by atoms with Crippen LogP contribution in [0.3, 0.4) is 0 Å². The maximum absolute atomic E-state index is 12.6. The monoisotopic (exact) mass is 554 g/mol. The summed E-state index contributed by atoms with van der Waals surface area (Å²) in [6.45, 7) is 0. The van der Waals surface area contributed by atoms with Crippen molar-refractivity contribution in [3.05, 3.63) is 144 Å². The zero-order valence-electron chi connectivity index (χ0n) is 22.4. The summed E-state index contributed by atoms with van der Waals surface area (Å²) >= 11 is 1.56. The predicted octanol–water partition coefficient (Wildman–Crippen LogP) is 9.86. The van der Waals surface area contributed by atoms with E-state index >= 15 is 0 Å². The molecule has 0 amide bonds. The molecule has 2 aromatic heterocycles. The molecule has 42 heavy (non-hydrogen) atoms. The van der Waals surface area contributed by atoms with E-state index in [0.29, 0.717) is 5.39 Å². The Kier molecular flexibility index (Phi) is 4.92. The van der Waals surface area contributed by atoms with E-state index in [1.807, 2.05) is 24.3 Å². The van der Waals surface area contributed by atoms with Gasteiger partial charge >= 0.3 is 0 Å². The van der Waals surface area contributed by atoms with E-state index < -0.39 is 0 Å². The molecule has 0 spiro atoms. The van der Waals surface area contributed by atoms with Gasteiger partial charge in [0.1, 0.15) is 0 Å². The van der Waals surface area contributed by atoms with Gasteiger partial charge in [0, 0.05) is 0 Å². The summed E-state index contributed by atoms with van der Waals surface area (Å²) in [6, 6.07) is 47.2. The Bertz CT molecular complexity index is 2580. The minimum Gasteiger partial charge on any atom is -0.284 e. The highest BCUT2D eigenvalue weighted by Gasteiger charge is 2.13. The summed E-state index contributed by atoms with van der Waals surface area (Å²) < 4.78 is 3.20. The number of fused-ring (bicyclic) bond motifs is 11. The predicted molar refractivity (Wildman–Crippen MR) is 178 cm³/mol. The molecular formula is C38H22N2OS. The fraction of sp³-hybridized carbons (Fsp3) is 0. The highest BCUT2D eigenvalue weighted by Crippen LogP contribution is 2.38. The number of benzene rings is 7. The first-order valence-corrected chi connectivity index (χ1v) is 14.8. The molecule has 3 nitrogen and oxygen atoms in total. The third-order valence-corrected chi connectivity index (χ3v) is 9.44. The molecule has 0 saturated carbocycles. The van der Waals surface area contributed by atoms with Crippen molar-refractivity contribution < 1.29 is 0 Å². The fourth-order valence-electron chi connectivity index (χ4n) is 6.47. The van der Waals surface area contributed by atoms with E-state index in [-0.39, 0.29) is 5.56 Å². The third-order valence-electron chi connectivity index (χ3n) is 8.44. The molecule has 2 heterocycles. The first-order chi connectivity index (χ1) is 20.7. The SMILES string of the molecule is O=c1nc2sc3cc(-c4cccc(-c5ccc6c7ccccc7c7ccccc7c6c5)c4)ccc3n2c2ccccc12. The van der Waals surface area contributed by atoms with Crippen LogP contribution in [0.25, 0.3) is 80.7 Å². The van der Waals surface area contributed by atoms with Crippen molar-refractivity contribution in [1.82, 2.24) is 9.38 Å². The Morgan fingerprint density at radius 2 is 1.00 bits per heavy atom. The molecule has 9 aromatic rings. The molecule has 0 radical (unpaired) electrons. The van der Waals surface area contributed by atoms with Crippen molar-refractivity contribution in [3.8, 4) is 22.3 Å². The summed E-state index contributed by atoms with van der Waals surface area (Å²) in [5.74, 6) is 0. The van der Waals surface area contributed by atoms with Gasteiger partial charge in [0.15, 0.2) is 4.96 Å². The molecule has 0 atom stereocenters. The van der Waals surface area contributed by atoms with Gasteiger partial charge in [-0.3, -0.25) is 9.20 Å². The van der Waals surface area contributed by atoms with Gasteiger partial charge in [0.2, 0.25) is 0 Å². The standard InChI is InChI=1S/C38H22N2OS/c41-37-32-14-5-6-15-34(32)40-35-19-17-26(22-36(35)42-38(40)39-37)24-9-7-8-23(20-24)25-16-18-31-29-12-2-1-10-27(29)28-11-3-4-13-30(28)33(31)21-25/h1-22H. The Balaban J connectivity index is 1.20. The van der Waals surface area contributed by atoms with Crippen LogP contribution in [0.5, 0.6) is 0 Å². The van der Waals surface area contributed by atoms with E-state index in [1.54, 1.807) is 11.3 Å². The highest BCUT2D eigenvalue weighted by molar-refractivity contribution is 7.23. The molecular weight excluding hydrogens is 532 g/mol. The van der Waals surface area contributed by atoms with Gasteiger partial charge in [-0.05, 0) is 91.0 Å². The molecule has 0 fully saturated rings. The van der Waals surface area contributed by atoms with Crippen LogP contribution in [-0.4, -0.2) is 9.38 Å². The van der Waals surface area contributed by atoms with Gasteiger partial charge in [-0.2, -0.15) is 4.98 Å². The van der Waals surface area contributed by atoms with Crippen LogP contribution in [-0.2, 0) is 0 Å². The fourth-order valence-corrected chi connectivity index (χ4v) is 7.54. The van der Waals surface area contributed by atoms with Gasteiger partial charge in [-0.15, -0.1) is 0 Å². The van der Waals surface area contributed by atoms with E-state index in [0.717, 1.165) is 31.8 Å². The third kappa shape index (κ3) is 3.39. The number of aromatic nitrogens is 2. The molecule has 0 bridgehead atoms. The Morgan fingerprint density at radius 3 is 1.71 bits per heavy atom. The lowest BCUT2D eigenvalue weighted by Gasteiger charge is -2.12. The highest BCUT2D eigenvalue weighted by atomic mass is 32.1. The second-order valence-electron chi connectivity index (χ2n) is 10.8. The van der Waals surface area contributed by atoms with Crippen LogP contribution in [0, 0.1) is 0 Å². The summed E-state index contributed by atoms with van der Waals surface area (Å²) in [4.78, 5) is 17.7. The molecule has 0 unspecified atom stereocenters. The smallest absolute Gasteiger partial charge is 0.281 e. The van der Waals surface area contributed by atoms with Crippen LogP contribution in [0.1, 0.15) is 0 Å². The van der Waals surface area contributed by atoms with Crippen molar-refractivity contribution in [2.75, 3.05) is 0 Å². The summed E-state index contributed by atoms with van der Waals surface area (Å²) in [5.41, 5.74) is 6.45. The topological polar surface area (TPSA) is 34.4 Å². The van der Waals surface area contributed by atoms with Crippen LogP contribution in [0.15, 0.2) is 138 Å². The quantitative estimate of drug-likeness (QED) is 0.199. The maximum atomic E-state index is 12.6. The summed E-state index contributed by atoms with van der Waals surface area (Å²) in [6.07, 6.45) is 0. The maximum Gasteiger partial charge on any atom is 0.281 e. The van der Waals surface area contributed by atoms with E-state index in [2.05, 4.69) is 119 Å². The average molecular weight is 555 g/mol. The second kappa shape index (κ2) is 8.84. The summed E-state index contributed by atoms with van der Waals surface area (Å²) in [7, 11) is 0. The summed E-state index contributed by atoms with van der Waals surface area (Å²) in [5, 5.41) is 8.33. The first-order valence-electron chi connectivity index (χ1n) is 14.0. The minimum atomic E-state index is -0.179. The normalized spacial score (nSPS) is 11.9. The molecule has 4 heteroatoms. The van der Waals surface area contributed by atoms with Gasteiger partial charge < -0.3 is 0 Å². The molecule has 7 aromatic carbocycles. The van der Waals surface area contributed by atoms with Gasteiger partial charge in [0.05, 0.1) is 21.1 Å². The number of thiazole rings is 1. The van der Waals surface area contributed by atoms with Crippen molar-refractivity contribution >= 4 is 69.7 Å². The molecule has 0 aliphatic rings. The van der Waals surface area contributed by atoms with Crippen LogP contribution >= 0.6 is 11.3 Å². The average Bonchev–Trinajstić information content (AvgIpc) is 3.42. The zero-order chi connectivity index (χ0) is 27.8. The van der Waals surface area contributed by atoms with Crippen molar-refractivity contribution in [1.29, 1.82) is 0 Å². The van der Waals surface area contributed by atoms with Gasteiger partial charge in [-0.1, -0.05) is 108 Å². The lowest BCUT2D eigenvalue weighted by atomic mass is 9.91. The Labute approximate surface area is 244 Å². The number of para-hydroxylation sites is 1. The lowest BCUT2D eigenvalue weighted by Crippen LogP contribution is -2.08. The molecule has 0 aliphatic heterocycles. The van der Waals surface area contributed by atoms with Crippen molar-refractivity contribution in [3.63, 3.8) is 0 Å². The number of rotatable bonds is 2. The van der Waals surface area contributed by atoms with Crippen LogP contribution < -0.4 is 5.56 Å². The lowest BCUT2D eigenvalue weighted by molar-refractivity contribution is 1.21. The zero-order valence-corrected chi connectivity index (χ0v) is 23.2. The first kappa shape index (κ1) is 23.4. The van der Waals surface area contributed by atoms with E-state index in [9.17, 15) is 4.79 Å². The Hall–Kier alpha value is -5.32. The van der Waals surface area contributed by atoms with Crippen LogP contribution in [0.4, 0.5) is 0 Å². The second-order valence-corrected chi connectivity index (χ2v) is 11.8. The molecule has 0 saturated heterocycles. The number of hydrogen-bond acceptors (Lipinski definition) is 3. The molecule has 0 N–H and O–H groups in total. The van der Waals surface area contributed by atoms with E-state index in [1.165, 1.54) is 43.4 Å². The minimum absolute atomic E-state index is 0.179. The van der Waals surface area contributed by atoms with Gasteiger partial charge in [0.25, 0.3) is 5.56 Å². The van der Waals surface area contributed by atoms with Crippen molar-refractivity contribution in [2.45, 2.75) is 0 Å². The number of hydrogen-bond donors (Lipinski definition) is 0. The van der Waals surface area contributed by atoms with Crippen molar-refractivity contribution in [2.24, 2.45) is 0 Å². The van der Waals surface area contributed by atoms with Gasteiger partial charge in [-0.25, -0.2) is 0 Å². The van der Waals surface area contributed by atoms with Crippen LogP contribution in [0.2, 0.25) is 0 Å². The molecule has 196 valence electrons.